The van der Waals surface area contributed by atoms with Gasteiger partial charge in [0.25, 0.3) is 5.91 Å². The van der Waals surface area contributed by atoms with Gasteiger partial charge in [-0.15, -0.1) is 0 Å². The number of hydrogen-bond acceptors (Lipinski definition) is 3. The predicted octanol–water partition coefficient (Wildman–Crippen LogP) is 8.52. The van der Waals surface area contributed by atoms with E-state index in [1.54, 1.807) is 24.0 Å². The third-order valence-corrected chi connectivity index (χ3v) is 9.66. The van der Waals surface area contributed by atoms with Gasteiger partial charge < -0.3 is 15.5 Å². The molecule has 1 unspecified atom stereocenters. The first-order valence-corrected chi connectivity index (χ1v) is 15.5. The van der Waals surface area contributed by atoms with Crippen molar-refractivity contribution in [3.63, 3.8) is 0 Å². The van der Waals surface area contributed by atoms with Crippen LogP contribution in [0.2, 0.25) is 0 Å². The van der Waals surface area contributed by atoms with Crippen LogP contribution in [0.15, 0.2) is 66.7 Å². The van der Waals surface area contributed by atoms with Gasteiger partial charge in [0, 0.05) is 23.5 Å². The van der Waals surface area contributed by atoms with Crippen LogP contribution in [0.5, 0.6) is 0 Å². The van der Waals surface area contributed by atoms with Crippen LogP contribution >= 0.6 is 0 Å². The highest BCUT2D eigenvalue weighted by atomic mass is 19.4. The lowest BCUT2D eigenvalue weighted by molar-refractivity contribution is -0.137. The Bertz CT molecular complexity index is 1500. The zero-order valence-electron chi connectivity index (χ0n) is 24.7. The Morgan fingerprint density at radius 1 is 0.864 bits per heavy atom. The molecule has 3 aliphatic rings. The average Bonchev–Trinajstić information content (AvgIpc) is 3.68. The topological polar surface area (TPSA) is 61.4 Å². The zero-order valence-corrected chi connectivity index (χ0v) is 24.7. The quantitative estimate of drug-likeness (QED) is 0.276. The molecule has 6 rings (SSSR count). The van der Waals surface area contributed by atoms with Gasteiger partial charge in [0.15, 0.2) is 0 Å². The standard InChI is InChI=1S/C35H37F4N3O2/c1-21-7-4-13-29(36)31(21)34(44)42-30-14-5-8-23(30)19-28(33(43)41-27-12-6-9-24(20-27)35(37,38)39)32(42)22-15-17-26(18-16-22)40-25-10-2-3-11-25/h4,6-7,9,12-13,15-18,20,23,25,28,30,32,40H,2-3,5,8,10-11,14,19H2,1H3,(H,41,43)/t23-,28+,30?,32+/m1/s1. The Kier molecular flexibility index (Phi) is 8.40. The Balaban J connectivity index is 1.39. The van der Waals surface area contributed by atoms with E-state index in [4.69, 9.17) is 0 Å². The molecule has 2 amide bonds. The lowest BCUT2D eigenvalue weighted by atomic mass is 9.76. The number of halogens is 4. The van der Waals surface area contributed by atoms with Crippen LogP contribution < -0.4 is 10.6 Å². The molecular formula is C35H37F4N3O2. The number of rotatable bonds is 6. The SMILES string of the molecule is Cc1cccc(F)c1C(=O)N1C2CCC[C@@H]2C[C@H](C(=O)Nc2cccc(C(F)(F)F)c2)[C@@H]1c1ccc(NC2CCCC2)cc1. The second kappa shape index (κ2) is 12.3. The fourth-order valence-corrected chi connectivity index (χ4v) is 7.56. The van der Waals surface area contributed by atoms with E-state index in [1.165, 1.54) is 31.0 Å². The van der Waals surface area contributed by atoms with E-state index in [9.17, 15) is 22.8 Å². The number of hydrogen-bond donors (Lipinski definition) is 2. The van der Waals surface area contributed by atoms with Gasteiger partial charge in [-0.3, -0.25) is 9.59 Å². The maximum atomic E-state index is 15.2. The summed E-state index contributed by atoms with van der Waals surface area (Å²) in [7, 11) is 0. The van der Waals surface area contributed by atoms with Crippen molar-refractivity contribution < 1.29 is 27.2 Å². The number of nitrogens with zero attached hydrogens (tertiary/aromatic N) is 1. The van der Waals surface area contributed by atoms with E-state index in [-0.39, 0.29) is 23.2 Å². The molecule has 44 heavy (non-hydrogen) atoms. The number of carbonyl (C=O) groups excluding carboxylic acids is 2. The maximum Gasteiger partial charge on any atom is 0.416 e. The summed E-state index contributed by atoms with van der Waals surface area (Å²) in [4.78, 5) is 30.1. The predicted molar refractivity (Wildman–Crippen MR) is 162 cm³/mol. The molecule has 2 saturated carbocycles. The lowest BCUT2D eigenvalue weighted by Crippen LogP contribution is -2.54. The normalized spacial score (nSPS) is 23.8. The molecular weight excluding hydrogens is 570 g/mol. The number of alkyl halides is 3. The molecule has 232 valence electrons. The van der Waals surface area contributed by atoms with Crippen molar-refractivity contribution in [1.29, 1.82) is 0 Å². The summed E-state index contributed by atoms with van der Waals surface area (Å²) in [5.41, 5.74) is 1.36. The summed E-state index contributed by atoms with van der Waals surface area (Å²) in [6.45, 7) is 1.70. The summed E-state index contributed by atoms with van der Waals surface area (Å²) < 4.78 is 55.5. The van der Waals surface area contributed by atoms with Crippen molar-refractivity contribution in [1.82, 2.24) is 4.90 Å². The third kappa shape index (κ3) is 6.06. The minimum Gasteiger partial charge on any atom is -0.382 e. The zero-order chi connectivity index (χ0) is 31.0. The number of carbonyl (C=O) groups is 2. The van der Waals surface area contributed by atoms with E-state index in [0.717, 1.165) is 55.5 Å². The number of amides is 2. The van der Waals surface area contributed by atoms with Gasteiger partial charge in [0.05, 0.1) is 23.1 Å². The summed E-state index contributed by atoms with van der Waals surface area (Å²) in [5.74, 6) is -2.28. The molecule has 3 aromatic rings. The van der Waals surface area contributed by atoms with E-state index >= 15 is 4.39 Å². The highest BCUT2D eigenvalue weighted by Gasteiger charge is 2.50. The molecule has 9 heteroatoms. The summed E-state index contributed by atoms with van der Waals surface area (Å²) in [5, 5.41) is 6.29. The second-order valence-electron chi connectivity index (χ2n) is 12.5. The minimum atomic E-state index is -4.56. The Morgan fingerprint density at radius 2 is 1.59 bits per heavy atom. The van der Waals surface area contributed by atoms with Crippen LogP contribution in [-0.2, 0) is 11.0 Å². The van der Waals surface area contributed by atoms with Crippen LogP contribution in [0.4, 0.5) is 28.9 Å². The molecule has 2 N–H and O–H groups in total. The fraction of sp³-hybridized carbons (Fsp3) is 0.429. The van der Waals surface area contributed by atoms with Crippen LogP contribution in [0.3, 0.4) is 0 Å². The number of likely N-dealkylation sites (tertiary alicyclic amines) is 1. The monoisotopic (exact) mass is 607 g/mol. The molecule has 0 radical (unpaired) electrons. The van der Waals surface area contributed by atoms with Crippen molar-refractivity contribution in [3.05, 3.63) is 94.8 Å². The highest BCUT2D eigenvalue weighted by Crippen LogP contribution is 2.49. The number of fused-ring (bicyclic) bond motifs is 1. The largest absolute Gasteiger partial charge is 0.416 e. The fourth-order valence-electron chi connectivity index (χ4n) is 7.56. The lowest BCUT2D eigenvalue weighted by Gasteiger charge is -2.48. The molecule has 1 saturated heterocycles. The van der Waals surface area contributed by atoms with E-state index in [1.807, 2.05) is 24.3 Å². The molecule has 0 bridgehead atoms. The van der Waals surface area contributed by atoms with Gasteiger partial charge in [-0.05, 0) is 92.5 Å². The Labute approximate surface area is 255 Å². The van der Waals surface area contributed by atoms with Crippen molar-refractivity contribution >= 4 is 23.2 Å². The average molecular weight is 608 g/mol. The van der Waals surface area contributed by atoms with Crippen LogP contribution in [0, 0.1) is 24.6 Å². The van der Waals surface area contributed by atoms with Gasteiger partial charge in [-0.25, -0.2) is 4.39 Å². The molecule has 2 aliphatic carbocycles. The van der Waals surface area contributed by atoms with E-state index in [2.05, 4.69) is 10.6 Å². The molecule has 3 fully saturated rings. The van der Waals surface area contributed by atoms with Crippen LogP contribution in [-0.4, -0.2) is 28.8 Å². The van der Waals surface area contributed by atoms with Crippen LogP contribution in [0.1, 0.15) is 84.5 Å². The first-order valence-electron chi connectivity index (χ1n) is 15.5. The maximum absolute atomic E-state index is 15.2. The number of piperidine rings is 1. The smallest absolute Gasteiger partial charge is 0.382 e. The van der Waals surface area contributed by atoms with E-state index in [0.29, 0.717) is 18.0 Å². The third-order valence-electron chi connectivity index (χ3n) is 9.66. The molecule has 1 aliphatic heterocycles. The van der Waals surface area contributed by atoms with Gasteiger partial charge in [-0.1, -0.05) is 49.6 Å². The molecule has 5 nitrogen and oxygen atoms in total. The van der Waals surface area contributed by atoms with Gasteiger partial charge in [0.1, 0.15) is 5.82 Å². The molecule has 3 aromatic carbocycles. The summed E-state index contributed by atoms with van der Waals surface area (Å²) in [6, 6.07) is 16.3. The first kappa shape index (κ1) is 30.2. The molecule has 4 atom stereocenters. The minimum absolute atomic E-state index is 0.0124. The van der Waals surface area contributed by atoms with Gasteiger partial charge in [0.2, 0.25) is 5.91 Å². The van der Waals surface area contributed by atoms with Crippen LogP contribution in [0.25, 0.3) is 0 Å². The number of anilines is 2. The first-order chi connectivity index (χ1) is 21.1. The number of aryl methyl sites for hydroxylation is 1. The van der Waals surface area contributed by atoms with Gasteiger partial charge in [-0.2, -0.15) is 13.2 Å². The second-order valence-corrected chi connectivity index (χ2v) is 12.5. The molecule has 0 spiro atoms. The van der Waals surface area contributed by atoms with Crippen molar-refractivity contribution in [2.45, 2.75) is 82.6 Å². The molecule has 0 aromatic heterocycles. The van der Waals surface area contributed by atoms with Gasteiger partial charge >= 0.3 is 6.18 Å². The Morgan fingerprint density at radius 3 is 2.30 bits per heavy atom. The molecule has 1 heterocycles. The number of benzene rings is 3. The van der Waals surface area contributed by atoms with Crippen molar-refractivity contribution in [2.24, 2.45) is 11.8 Å². The van der Waals surface area contributed by atoms with Crippen molar-refractivity contribution in [2.75, 3.05) is 10.6 Å². The summed E-state index contributed by atoms with van der Waals surface area (Å²) in [6.07, 6.45) is 2.94. The Hall–Kier alpha value is -3.88. The summed E-state index contributed by atoms with van der Waals surface area (Å²) >= 11 is 0. The van der Waals surface area contributed by atoms with E-state index < -0.39 is 41.3 Å². The van der Waals surface area contributed by atoms with Crippen molar-refractivity contribution in [3.8, 4) is 0 Å². The highest BCUT2D eigenvalue weighted by molar-refractivity contribution is 5.98. The number of nitrogens with one attached hydrogen (secondary N) is 2.